The van der Waals surface area contributed by atoms with Crippen molar-refractivity contribution in [1.82, 2.24) is 5.32 Å². The predicted molar refractivity (Wildman–Crippen MR) is 122 cm³/mol. The fourth-order valence-electron chi connectivity index (χ4n) is 3.36. The van der Waals surface area contributed by atoms with Crippen molar-refractivity contribution in [2.24, 2.45) is 0 Å². The number of nitrogens with one attached hydrogen (secondary N) is 1. The topological polar surface area (TPSA) is 180 Å². The van der Waals surface area contributed by atoms with Crippen LogP contribution < -0.4 is 14.8 Å². The summed E-state index contributed by atoms with van der Waals surface area (Å²) < 4.78 is 9.81. The second-order valence-electron chi connectivity index (χ2n) is 7.60. The Bertz CT molecular complexity index is 974. The highest BCUT2D eigenvalue weighted by atomic mass is 16.5. The molecule has 11 nitrogen and oxygen atoms in total. The maximum Gasteiger partial charge on any atom is 0.348 e. The molecule has 0 saturated carbocycles. The minimum absolute atomic E-state index is 0.285. The lowest BCUT2D eigenvalue weighted by Crippen LogP contribution is -2.71. The number of methoxy groups -OCH3 is 2. The lowest BCUT2D eigenvalue weighted by molar-refractivity contribution is -0.187. The number of Topliss-reactive ketones (excluding diaryl/α,β-unsaturated/α-hetero) is 2. The molecule has 1 aliphatic heterocycles. The number of carbonyl (C=O) groups excluding carboxylic acids is 2. The molecular weight excluding hydrogens is 462 g/mol. The highest BCUT2D eigenvalue weighted by molar-refractivity contribution is 6.28. The van der Waals surface area contributed by atoms with Gasteiger partial charge in [0.2, 0.25) is 11.6 Å². The lowest BCUT2D eigenvalue weighted by atomic mass is 9.73. The molecule has 5 N–H and O–H groups in total. The number of aliphatic carboxylic acids is 2. The molecule has 1 fully saturated rings. The van der Waals surface area contributed by atoms with Crippen molar-refractivity contribution in [1.29, 1.82) is 0 Å². The molecule has 0 aliphatic carbocycles. The Balaban J connectivity index is 0.000000764. The van der Waals surface area contributed by atoms with Gasteiger partial charge >= 0.3 is 11.9 Å². The van der Waals surface area contributed by atoms with Gasteiger partial charge in [0.05, 0.1) is 14.2 Å². The average Bonchev–Trinajstić information content (AvgIpc) is 3.47. The number of ketones is 2. The zero-order valence-corrected chi connectivity index (χ0v) is 19.2. The van der Waals surface area contributed by atoms with E-state index in [-0.39, 0.29) is 11.5 Å². The first kappa shape index (κ1) is 27.4. The first-order chi connectivity index (χ1) is 16.5. The van der Waals surface area contributed by atoms with Crippen LogP contribution in [-0.4, -0.2) is 82.4 Å². The fraction of sp³-hybridized carbons (Fsp3) is 0.333. The molecule has 35 heavy (non-hydrogen) atoms. The molecule has 0 amide bonds. The largest absolute Gasteiger partial charge is 0.497 e. The summed E-state index contributed by atoms with van der Waals surface area (Å²) in [6.45, 7) is 2.50. The van der Waals surface area contributed by atoms with Gasteiger partial charge in [0.1, 0.15) is 11.5 Å². The van der Waals surface area contributed by atoms with Gasteiger partial charge in [0.15, 0.2) is 0 Å². The molecular formula is C24H27NO10. The molecule has 1 aliphatic rings. The van der Waals surface area contributed by atoms with Gasteiger partial charge < -0.3 is 35.2 Å². The summed E-state index contributed by atoms with van der Waals surface area (Å²) in [6.07, 6.45) is 2.78. The number of carboxylic acids is 2. The molecule has 2 atom stereocenters. The average molecular weight is 489 g/mol. The van der Waals surface area contributed by atoms with Crippen LogP contribution in [0.25, 0.3) is 0 Å². The molecule has 3 rings (SSSR count). The summed E-state index contributed by atoms with van der Waals surface area (Å²) in [7, 11) is 2.67. The Labute approximate surface area is 200 Å². The summed E-state index contributed by atoms with van der Waals surface area (Å²) in [6, 6.07) is 9.21. The zero-order valence-electron chi connectivity index (χ0n) is 19.2. The Morgan fingerprint density at radius 1 is 0.686 bits per heavy atom. The normalized spacial score (nSPS) is 16.0. The first-order valence-corrected chi connectivity index (χ1v) is 10.5. The van der Waals surface area contributed by atoms with E-state index in [4.69, 9.17) is 9.47 Å². The Morgan fingerprint density at radius 3 is 1.20 bits per heavy atom. The third kappa shape index (κ3) is 5.48. The predicted octanol–water partition coefficient (Wildman–Crippen LogP) is 0.771. The standard InChI is InChI=1S/C20H18O10.C4H9N/c1-29-13-7-3-11(4-8-13)15(21)19(27,17(23)24)20(28,18(25)26)16(22)12-5-9-14(30-2)10-6-12;1-2-4-5-3-1/h3-10,27-28H,1-2H3,(H,23,24)(H,25,26);5H,1-4H2/t19-,20-;/m1./s1. The molecule has 2 aromatic rings. The highest BCUT2D eigenvalue weighted by Crippen LogP contribution is 2.32. The van der Waals surface area contributed by atoms with Gasteiger partial charge in [-0.15, -0.1) is 0 Å². The minimum atomic E-state index is -4.04. The molecule has 2 aromatic carbocycles. The van der Waals surface area contributed by atoms with Crippen LogP contribution in [-0.2, 0) is 9.59 Å². The molecule has 188 valence electrons. The monoisotopic (exact) mass is 489 g/mol. The maximum absolute atomic E-state index is 12.8. The van der Waals surface area contributed by atoms with E-state index >= 15 is 0 Å². The van der Waals surface area contributed by atoms with Crippen LogP contribution in [0.15, 0.2) is 48.5 Å². The van der Waals surface area contributed by atoms with E-state index in [1.54, 1.807) is 0 Å². The summed E-state index contributed by atoms with van der Waals surface area (Å²) in [5.41, 5.74) is -9.01. The number of carboxylic acid groups (broad SMARTS) is 2. The number of aliphatic hydroxyl groups is 2. The molecule has 0 unspecified atom stereocenters. The summed E-state index contributed by atoms with van der Waals surface area (Å²) in [4.78, 5) is 49.4. The van der Waals surface area contributed by atoms with Crippen LogP contribution in [0.4, 0.5) is 0 Å². The number of rotatable bonds is 9. The second-order valence-corrected chi connectivity index (χ2v) is 7.60. The van der Waals surface area contributed by atoms with Crippen LogP contribution in [0.1, 0.15) is 33.6 Å². The molecule has 1 saturated heterocycles. The van der Waals surface area contributed by atoms with Crippen molar-refractivity contribution in [2.45, 2.75) is 24.0 Å². The van der Waals surface area contributed by atoms with Crippen LogP contribution in [0.2, 0.25) is 0 Å². The number of benzene rings is 2. The van der Waals surface area contributed by atoms with Crippen LogP contribution in [0.5, 0.6) is 11.5 Å². The van der Waals surface area contributed by atoms with Gasteiger partial charge in [0, 0.05) is 11.1 Å². The SMILES string of the molecule is C1CCNC1.COc1ccc(C(=O)[C@@](O)(C(=O)O)[C@](O)(C(=O)O)C(=O)c2ccc(OC)cc2)cc1. The minimum Gasteiger partial charge on any atom is -0.497 e. The van der Waals surface area contributed by atoms with Crippen molar-refractivity contribution in [3.05, 3.63) is 59.7 Å². The lowest BCUT2D eigenvalue weighted by Gasteiger charge is -2.34. The van der Waals surface area contributed by atoms with Crippen molar-refractivity contribution in [3.63, 3.8) is 0 Å². The fourth-order valence-corrected chi connectivity index (χ4v) is 3.36. The van der Waals surface area contributed by atoms with E-state index in [0.717, 1.165) is 24.3 Å². The van der Waals surface area contributed by atoms with Gasteiger partial charge in [-0.25, -0.2) is 9.59 Å². The van der Waals surface area contributed by atoms with Crippen LogP contribution in [0.3, 0.4) is 0 Å². The van der Waals surface area contributed by atoms with Gasteiger partial charge in [-0.3, -0.25) is 9.59 Å². The van der Waals surface area contributed by atoms with E-state index in [1.807, 2.05) is 0 Å². The van der Waals surface area contributed by atoms with E-state index in [2.05, 4.69) is 5.32 Å². The Morgan fingerprint density at radius 2 is 1.00 bits per heavy atom. The second kappa shape index (κ2) is 11.6. The zero-order chi connectivity index (χ0) is 26.2. The highest BCUT2D eigenvalue weighted by Gasteiger charge is 2.69. The van der Waals surface area contributed by atoms with Crippen molar-refractivity contribution in [2.75, 3.05) is 27.3 Å². The van der Waals surface area contributed by atoms with Crippen LogP contribution >= 0.6 is 0 Å². The van der Waals surface area contributed by atoms with Crippen molar-refractivity contribution >= 4 is 23.5 Å². The van der Waals surface area contributed by atoms with E-state index in [9.17, 15) is 39.6 Å². The maximum atomic E-state index is 12.8. The third-order valence-electron chi connectivity index (χ3n) is 5.46. The molecule has 0 aromatic heterocycles. The molecule has 1 heterocycles. The van der Waals surface area contributed by atoms with E-state index < -0.39 is 45.8 Å². The molecule has 0 spiro atoms. The number of hydrogen-bond donors (Lipinski definition) is 5. The van der Waals surface area contributed by atoms with Crippen molar-refractivity contribution < 1.29 is 49.1 Å². The molecule has 0 bridgehead atoms. The third-order valence-corrected chi connectivity index (χ3v) is 5.46. The van der Waals surface area contributed by atoms with E-state index in [1.165, 1.54) is 64.4 Å². The smallest absolute Gasteiger partial charge is 0.348 e. The Hall–Kier alpha value is -3.80. The number of hydrogen-bond acceptors (Lipinski definition) is 9. The summed E-state index contributed by atoms with van der Waals surface area (Å²) >= 11 is 0. The molecule has 0 radical (unpaired) electrons. The van der Waals surface area contributed by atoms with Gasteiger partial charge in [-0.2, -0.15) is 0 Å². The molecule has 11 heteroatoms. The van der Waals surface area contributed by atoms with E-state index in [0.29, 0.717) is 0 Å². The van der Waals surface area contributed by atoms with Gasteiger partial charge in [0.25, 0.3) is 11.2 Å². The number of carbonyl (C=O) groups is 4. The van der Waals surface area contributed by atoms with Crippen molar-refractivity contribution in [3.8, 4) is 11.5 Å². The number of ether oxygens (including phenoxy) is 2. The first-order valence-electron chi connectivity index (χ1n) is 10.5. The van der Waals surface area contributed by atoms with Crippen LogP contribution in [0, 0.1) is 0 Å². The quantitative estimate of drug-likeness (QED) is 0.248. The summed E-state index contributed by atoms with van der Waals surface area (Å²) in [5, 5.41) is 43.7. The summed E-state index contributed by atoms with van der Waals surface area (Å²) in [5.74, 6) is -7.68. The van der Waals surface area contributed by atoms with Gasteiger partial charge in [-0.1, -0.05) is 0 Å². The van der Waals surface area contributed by atoms with Gasteiger partial charge in [-0.05, 0) is 74.5 Å². The Kier molecular flexibility index (Phi) is 9.06.